The van der Waals surface area contributed by atoms with Gasteiger partial charge in [-0.05, 0) is 33.7 Å². The maximum Gasteiger partial charge on any atom is 0.00363 e. The number of nitrogens with two attached hydrogens (primary N) is 1. The van der Waals surface area contributed by atoms with Gasteiger partial charge in [-0.2, -0.15) is 0 Å². The molecule has 56 valence electrons. The molecule has 0 spiro atoms. The van der Waals surface area contributed by atoms with Crippen molar-refractivity contribution < 1.29 is 0 Å². The van der Waals surface area contributed by atoms with Crippen LogP contribution < -0.4 is 11.1 Å². The zero-order valence-electron chi connectivity index (χ0n) is 6.65. The van der Waals surface area contributed by atoms with Crippen molar-refractivity contribution in [1.29, 1.82) is 0 Å². The van der Waals surface area contributed by atoms with E-state index in [0.717, 1.165) is 6.42 Å². The first kappa shape index (κ1) is 8.92. The maximum absolute atomic E-state index is 5.57. The molecule has 0 saturated carbocycles. The fraction of sp³-hybridized carbons (Fsp3) is 1.00. The Labute approximate surface area is 57.8 Å². The minimum absolute atomic E-state index is 0.348. The molecule has 0 heterocycles. The number of rotatable bonds is 4. The molecule has 0 saturated heterocycles. The van der Waals surface area contributed by atoms with Crippen LogP contribution in [0.25, 0.3) is 0 Å². The van der Waals surface area contributed by atoms with E-state index in [1.807, 2.05) is 14.0 Å². The Morgan fingerprint density at radius 1 is 1.33 bits per heavy atom. The zero-order valence-corrected chi connectivity index (χ0v) is 6.65. The van der Waals surface area contributed by atoms with Crippen LogP contribution in [0.3, 0.4) is 0 Å². The SMILES string of the molecule is CNC(C)CCC(C)N. The van der Waals surface area contributed by atoms with Gasteiger partial charge in [-0.15, -0.1) is 0 Å². The van der Waals surface area contributed by atoms with Gasteiger partial charge in [-0.3, -0.25) is 0 Å². The molecule has 0 bridgehead atoms. The normalized spacial score (nSPS) is 17.3. The maximum atomic E-state index is 5.57. The molecule has 0 radical (unpaired) electrons. The minimum Gasteiger partial charge on any atom is -0.328 e. The van der Waals surface area contributed by atoms with Gasteiger partial charge in [0.15, 0.2) is 0 Å². The van der Waals surface area contributed by atoms with Gasteiger partial charge < -0.3 is 11.1 Å². The lowest BCUT2D eigenvalue weighted by Crippen LogP contribution is -2.24. The van der Waals surface area contributed by atoms with Gasteiger partial charge in [0.2, 0.25) is 0 Å². The molecular formula is C7H18N2. The van der Waals surface area contributed by atoms with Crippen molar-refractivity contribution in [1.82, 2.24) is 5.32 Å². The first-order chi connectivity index (χ1) is 4.16. The Bertz CT molecular complexity index is 61.9. The Balaban J connectivity index is 3.06. The minimum atomic E-state index is 0.348. The van der Waals surface area contributed by atoms with Crippen LogP contribution in [0, 0.1) is 0 Å². The highest BCUT2D eigenvalue weighted by Gasteiger charge is 1.98. The quantitative estimate of drug-likeness (QED) is 0.588. The van der Waals surface area contributed by atoms with E-state index in [1.54, 1.807) is 0 Å². The molecule has 0 fully saturated rings. The fourth-order valence-corrected chi connectivity index (χ4v) is 0.657. The van der Waals surface area contributed by atoms with Gasteiger partial charge in [-0.25, -0.2) is 0 Å². The molecule has 2 unspecified atom stereocenters. The summed E-state index contributed by atoms with van der Waals surface area (Å²) in [4.78, 5) is 0. The molecule has 9 heavy (non-hydrogen) atoms. The van der Waals surface area contributed by atoms with Crippen LogP contribution >= 0.6 is 0 Å². The summed E-state index contributed by atoms with van der Waals surface area (Å²) in [5, 5.41) is 3.16. The lowest BCUT2D eigenvalue weighted by molar-refractivity contribution is 0.509. The monoisotopic (exact) mass is 130 g/mol. The third-order valence-electron chi connectivity index (χ3n) is 1.55. The molecule has 0 aliphatic carbocycles. The molecule has 0 aromatic carbocycles. The smallest absolute Gasteiger partial charge is 0.00363 e. The summed E-state index contributed by atoms with van der Waals surface area (Å²) in [5.41, 5.74) is 5.57. The standard InChI is InChI=1S/C7H18N2/c1-6(8)4-5-7(2)9-3/h6-7,9H,4-5,8H2,1-3H3. The Morgan fingerprint density at radius 3 is 2.22 bits per heavy atom. The van der Waals surface area contributed by atoms with E-state index in [1.165, 1.54) is 6.42 Å². The van der Waals surface area contributed by atoms with Crippen LogP contribution in [0.4, 0.5) is 0 Å². The number of nitrogens with one attached hydrogen (secondary N) is 1. The summed E-state index contributed by atoms with van der Waals surface area (Å²) in [5.74, 6) is 0. The second-order valence-electron chi connectivity index (χ2n) is 2.74. The van der Waals surface area contributed by atoms with Crippen LogP contribution in [0.1, 0.15) is 26.7 Å². The second-order valence-corrected chi connectivity index (χ2v) is 2.74. The van der Waals surface area contributed by atoms with Crippen LogP contribution in [0.2, 0.25) is 0 Å². The van der Waals surface area contributed by atoms with Crippen molar-refractivity contribution in [2.24, 2.45) is 5.73 Å². The molecular weight excluding hydrogens is 112 g/mol. The van der Waals surface area contributed by atoms with Crippen LogP contribution in [0.15, 0.2) is 0 Å². The van der Waals surface area contributed by atoms with Crippen LogP contribution in [-0.4, -0.2) is 19.1 Å². The molecule has 2 nitrogen and oxygen atoms in total. The summed E-state index contributed by atoms with van der Waals surface area (Å²) in [7, 11) is 1.98. The van der Waals surface area contributed by atoms with Gasteiger partial charge >= 0.3 is 0 Å². The van der Waals surface area contributed by atoms with E-state index in [9.17, 15) is 0 Å². The summed E-state index contributed by atoms with van der Waals surface area (Å²) < 4.78 is 0. The van der Waals surface area contributed by atoms with Gasteiger partial charge in [0.25, 0.3) is 0 Å². The Kier molecular flexibility index (Phi) is 4.72. The largest absolute Gasteiger partial charge is 0.328 e. The molecule has 0 rings (SSSR count). The average molecular weight is 130 g/mol. The van der Waals surface area contributed by atoms with E-state index in [2.05, 4.69) is 12.2 Å². The van der Waals surface area contributed by atoms with Gasteiger partial charge in [-0.1, -0.05) is 0 Å². The summed E-state index contributed by atoms with van der Waals surface area (Å²) in [6.07, 6.45) is 2.29. The van der Waals surface area contributed by atoms with Crippen molar-refractivity contribution in [2.45, 2.75) is 38.8 Å². The second kappa shape index (κ2) is 4.77. The lowest BCUT2D eigenvalue weighted by atomic mass is 10.1. The highest BCUT2D eigenvalue weighted by molar-refractivity contribution is 4.61. The highest BCUT2D eigenvalue weighted by atomic mass is 14.8. The average Bonchev–Trinajstić information content (AvgIpc) is 1.83. The molecule has 0 amide bonds. The topological polar surface area (TPSA) is 38.0 Å². The van der Waals surface area contributed by atoms with Crippen LogP contribution in [-0.2, 0) is 0 Å². The van der Waals surface area contributed by atoms with Crippen molar-refractivity contribution in [2.75, 3.05) is 7.05 Å². The van der Waals surface area contributed by atoms with Crippen molar-refractivity contribution in [3.8, 4) is 0 Å². The molecule has 3 N–H and O–H groups in total. The van der Waals surface area contributed by atoms with Crippen molar-refractivity contribution >= 4 is 0 Å². The molecule has 0 aliphatic heterocycles. The molecule has 0 aromatic heterocycles. The third-order valence-corrected chi connectivity index (χ3v) is 1.55. The molecule has 2 atom stereocenters. The summed E-state index contributed by atoms with van der Waals surface area (Å²) >= 11 is 0. The molecule has 0 aliphatic rings. The fourth-order valence-electron chi connectivity index (χ4n) is 0.657. The van der Waals surface area contributed by atoms with Crippen LogP contribution in [0.5, 0.6) is 0 Å². The van der Waals surface area contributed by atoms with E-state index >= 15 is 0 Å². The molecule has 2 heteroatoms. The lowest BCUT2D eigenvalue weighted by Gasteiger charge is -2.10. The zero-order chi connectivity index (χ0) is 7.28. The highest BCUT2D eigenvalue weighted by Crippen LogP contribution is 1.97. The Morgan fingerprint density at radius 2 is 1.89 bits per heavy atom. The van der Waals surface area contributed by atoms with Gasteiger partial charge in [0, 0.05) is 12.1 Å². The van der Waals surface area contributed by atoms with E-state index < -0.39 is 0 Å². The van der Waals surface area contributed by atoms with E-state index in [-0.39, 0.29) is 0 Å². The van der Waals surface area contributed by atoms with Crippen molar-refractivity contribution in [3.63, 3.8) is 0 Å². The van der Waals surface area contributed by atoms with Gasteiger partial charge in [0.05, 0.1) is 0 Å². The first-order valence-electron chi connectivity index (χ1n) is 3.59. The third kappa shape index (κ3) is 5.80. The van der Waals surface area contributed by atoms with E-state index in [0.29, 0.717) is 12.1 Å². The van der Waals surface area contributed by atoms with E-state index in [4.69, 9.17) is 5.73 Å². The number of hydrogen-bond acceptors (Lipinski definition) is 2. The number of hydrogen-bond donors (Lipinski definition) is 2. The predicted molar refractivity (Wildman–Crippen MR) is 41.4 cm³/mol. The summed E-state index contributed by atoms with van der Waals surface area (Å²) in [6, 6.07) is 0.955. The Hall–Kier alpha value is -0.0800. The summed E-state index contributed by atoms with van der Waals surface area (Å²) in [6.45, 7) is 4.21. The van der Waals surface area contributed by atoms with Crippen molar-refractivity contribution in [3.05, 3.63) is 0 Å². The van der Waals surface area contributed by atoms with Gasteiger partial charge in [0.1, 0.15) is 0 Å². The first-order valence-corrected chi connectivity index (χ1v) is 3.59. The molecule has 0 aromatic rings. The predicted octanol–water partition coefficient (Wildman–Crippen LogP) is 0.722.